The molecule has 0 aromatic rings. The van der Waals surface area contributed by atoms with Gasteiger partial charge in [0, 0.05) is 12.3 Å². The standard InChI is InChI=1S/C10H17O4P/c1-5-6-7-8(2)9(11)10(3,4)14-15(12)13/h8,15H,7H2,1-4H3,(H,12,13). The molecule has 0 spiro atoms. The Morgan fingerprint density at radius 2 is 2.13 bits per heavy atom. The predicted molar refractivity (Wildman–Crippen MR) is 58.6 cm³/mol. The average molecular weight is 232 g/mol. The maximum absolute atomic E-state index is 11.8. The van der Waals surface area contributed by atoms with Crippen LogP contribution in [0.5, 0.6) is 0 Å². The van der Waals surface area contributed by atoms with Crippen LogP contribution in [0.3, 0.4) is 0 Å². The van der Waals surface area contributed by atoms with Crippen molar-refractivity contribution in [3.63, 3.8) is 0 Å². The zero-order valence-electron chi connectivity index (χ0n) is 9.46. The number of hydrogen-bond acceptors (Lipinski definition) is 3. The number of rotatable bonds is 5. The van der Waals surface area contributed by atoms with Crippen molar-refractivity contribution in [1.82, 2.24) is 0 Å². The molecule has 0 amide bonds. The summed E-state index contributed by atoms with van der Waals surface area (Å²) in [6, 6.07) is 0. The Bertz CT molecular complexity index is 311. The molecule has 1 N–H and O–H groups in total. The van der Waals surface area contributed by atoms with E-state index in [-0.39, 0.29) is 11.7 Å². The molecule has 2 atom stereocenters. The minimum Gasteiger partial charge on any atom is -0.326 e. The molecular formula is C10H17O4P. The van der Waals surface area contributed by atoms with Crippen molar-refractivity contribution in [2.45, 2.75) is 39.7 Å². The number of ketones is 1. The van der Waals surface area contributed by atoms with Gasteiger partial charge in [-0.15, -0.1) is 11.8 Å². The lowest BCUT2D eigenvalue weighted by molar-refractivity contribution is -0.135. The molecule has 4 nitrogen and oxygen atoms in total. The molecule has 0 radical (unpaired) electrons. The maximum Gasteiger partial charge on any atom is 0.317 e. The normalized spacial score (nSPS) is 15.0. The number of carbonyl (C=O) groups excluding carboxylic acids is 1. The van der Waals surface area contributed by atoms with Gasteiger partial charge in [-0.25, -0.2) is 0 Å². The topological polar surface area (TPSA) is 63.6 Å². The van der Waals surface area contributed by atoms with Gasteiger partial charge in [-0.05, 0) is 20.8 Å². The first-order chi connectivity index (χ1) is 6.81. The van der Waals surface area contributed by atoms with E-state index in [1.54, 1.807) is 13.8 Å². The van der Waals surface area contributed by atoms with Crippen molar-refractivity contribution in [2.24, 2.45) is 5.92 Å². The number of hydrogen-bond donors (Lipinski definition) is 1. The van der Waals surface area contributed by atoms with E-state index in [1.165, 1.54) is 13.8 Å². The molecule has 0 fully saturated rings. The van der Waals surface area contributed by atoms with E-state index in [4.69, 9.17) is 9.42 Å². The second kappa shape index (κ2) is 6.07. The SMILES string of the molecule is CC#CCC(C)C(=O)C(C)(C)O[PH](=O)O. The summed E-state index contributed by atoms with van der Waals surface area (Å²) >= 11 is 0. The molecule has 0 saturated carbocycles. The van der Waals surface area contributed by atoms with Gasteiger partial charge in [0.05, 0.1) is 0 Å². The first-order valence-electron chi connectivity index (χ1n) is 4.67. The molecule has 0 saturated heterocycles. The molecular weight excluding hydrogens is 215 g/mol. The van der Waals surface area contributed by atoms with Crippen molar-refractivity contribution in [1.29, 1.82) is 0 Å². The second-order valence-electron chi connectivity index (χ2n) is 3.77. The molecule has 2 unspecified atom stereocenters. The Morgan fingerprint density at radius 1 is 1.60 bits per heavy atom. The van der Waals surface area contributed by atoms with Gasteiger partial charge in [0.25, 0.3) is 0 Å². The van der Waals surface area contributed by atoms with Crippen molar-refractivity contribution >= 4 is 14.0 Å². The van der Waals surface area contributed by atoms with Crippen molar-refractivity contribution < 1.29 is 18.8 Å². The molecule has 0 aliphatic heterocycles. The minimum atomic E-state index is -3.10. The molecule has 5 heteroatoms. The third-order valence-electron chi connectivity index (χ3n) is 1.97. The zero-order valence-corrected chi connectivity index (χ0v) is 10.5. The van der Waals surface area contributed by atoms with Gasteiger partial charge >= 0.3 is 8.25 Å². The van der Waals surface area contributed by atoms with E-state index in [2.05, 4.69) is 11.8 Å². The summed E-state index contributed by atoms with van der Waals surface area (Å²) in [5, 5.41) is 0. The highest BCUT2D eigenvalue weighted by Gasteiger charge is 2.33. The molecule has 86 valence electrons. The summed E-state index contributed by atoms with van der Waals surface area (Å²) in [5.74, 6) is 4.99. The van der Waals surface area contributed by atoms with Crippen LogP contribution in [-0.4, -0.2) is 16.3 Å². The molecule has 0 aromatic carbocycles. The first kappa shape index (κ1) is 14.4. The highest BCUT2D eigenvalue weighted by molar-refractivity contribution is 7.32. The molecule has 0 bridgehead atoms. The summed E-state index contributed by atoms with van der Waals surface area (Å²) in [6.45, 7) is 6.41. The summed E-state index contributed by atoms with van der Waals surface area (Å²) in [6.07, 6.45) is 0.439. The smallest absolute Gasteiger partial charge is 0.317 e. The fourth-order valence-electron chi connectivity index (χ4n) is 1.21. The summed E-state index contributed by atoms with van der Waals surface area (Å²) in [4.78, 5) is 20.4. The number of Topliss-reactive ketones (excluding diaryl/α,β-unsaturated/α-hetero) is 1. The average Bonchev–Trinajstić information content (AvgIpc) is 2.10. The van der Waals surface area contributed by atoms with E-state index in [0.717, 1.165) is 0 Å². The van der Waals surface area contributed by atoms with Crippen LogP contribution in [0, 0.1) is 17.8 Å². The fourth-order valence-corrected chi connectivity index (χ4v) is 1.75. The van der Waals surface area contributed by atoms with E-state index < -0.39 is 13.9 Å². The van der Waals surface area contributed by atoms with Crippen LogP contribution in [-0.2, 0) is 13.9 Å². The molecule has 15 heavy (non-hydrogen) atoms. The van der Waals surface area contributed by atoms with Gasteiger partial charge in [-0.2, -0.15) is 0 Å². The molecule has 0 aliphatic rings. The molecule has 0 aliphatic carbocycles. The lowest BCUT2D eigenvalue weighted by atomic mass is 9.91. The van der Waals surface area contributed by atoms with E-state index >= 15 is 0 Å². The quantitative estimate of drug-likeness (QED) is 0.579. The second-order valence-corrected chi connectivity index (χ2v) is 4.51. The lowest BCUT2D eigenvalue weighted by Gasteiger charge is -2.24. The van der Waals surface area contributed by atoms with E-state index in [9.17, 15) is 9.36 Å². The van der Waals surface area contributed by atoms with Gasteiger partial charge in [0.15, 0.2) is 5.78 Å². The van der Waals surface area contributed by atoms with Gasteiger partial charge < -0.3 is 4.89 Å². The zero-order chi connectivity index (χ0) is 12.1. The Kier molecular flexibility index (Phi) is 5.82. The summed E-state index contributed by atoms with van der Waals surface area (Å²) in [5.41, 5.74) is -1.22. The highest BCUT2D eigenvalue weighted by Crippen LogP contribution is 2.29. The van der Waals surface area contributed by atoms with Gasteiger partial charge in [0.1, 0.15) is 5.60 Å². The minimum absolute atomic E-state index is 0.211. The van der Waals surface area contributed by atoms with Crippen LogP contribution in [0.25, 0.3) is 0 Å². The van der Waals surface area contributed by atoms with Crippen LogP contribution in [0.15, 0.2) is 0 Å². The monoisotopic (exact) mass is 232 g/mol. The molecule has 0 heterocycles. The van der Waals surface area contributed by atoms with Gasteiger partial charge in [0.2, 0.25) is 0 Å². The Labute approximate surface area is 91.0 Å². The maximum atomic E-state index is 11.8. The van der Waals surface area contributed by atoms with E-state index in [0.29, 0.717) is 6.42 Å². The third-order valence-corrected chi connectivity index (χ3v) is 2.65. The summed E-state index contributed by atoms with van der Waals surface area (Å²) in [7, 11) is -3.10. The Balaban J connectivity index is 4.51. The van der Waals surface area contributed by atoms with Crippen LogP contribution < -0.4 is 0 Å². The molecule has 0 rings (SSSR count). The highest BCUT2D eigenvalue weighted by atomic mass is 31.1. The van der Waals surface area contributed by atoms with Gasteiger partial charge in [-0.3, -0.25) is 13.9 Å². The predicted octanol–water partition coefficient (Wildman–Crippen LogP) is 1.78. The van der Waals surface area contributed by atoms with Crippen LogP contribution in [0.1, 0.15) is 34.1 Å². The fraction of sp³-hybridized carbons (Fsp3) is 0.700. The first-order valence-corrected chi connectivity index (χ1v) is 5.93. The number of carbonyl (C=O) groups is 1. The van der Waals surface area contributed by atoms with Crippen LogP contribution in [0.4, 0.5) is 0 Å². The van der Waals surface area contributed by atoms with Crippen LogP contribution in [0.2, 0.25) is 0 Å². The van der Waals surface area contributed by atoms with Crippen molar-refractivity contribution in [3.8, 4) is 11.8 Å². The summed E-state index contributed by atoms with van der Waals surface area (Å²) < 4.78 is 15.2. The lowest BCUT2D eigenvalue weighted by Crippen LogP contribution is -2.37. The molecule has 0 aromatic heterocycles. The van der Waals surface area contributed by atoms with Crippen molar-refractivity contribution in [2.75, 3.05) is 0 Å². The Morgan fingerprint density at radius 3 is 2.53 bits per heavy atom. The largest absolute Gasteiger partial charge is 0.326 e. The van der Waals surface area contributed by atoms with Crippen molar-refractivity contribution in [3.05, 3.63) is 0 Å². The van der Waals surface area contributed by atoms with Crippen LogP contribution >= 0.6 is 8.25 Å². The Hall–Kier alpha value is -0.620. The van der Waals surface area contributed by atoms with Gasteiger partial charge in [-0.1, -0.05) is 6.92 Å². The third kappa shape index (κ3) is 5.13. The van der Waals surface area contributed by atoms with E-state index in [1.807, 2.05) is 0 Å².